The molecule has 0 fully saturated rings. The van der Waals surface area contributed by atoms with Gasteiger partial charge in [0.2, 0.25) is 0 Å². The van der Waals surface area contributed by atoms with Crippen LogP contribution in [0.4, 0.5) is 4.79 Å². The Hall–Kier alpha value is -1.87. The van der Waals surface area contributed by atoms with Crippen LogP contribution in [0.25, 0.3) is 0 Å². The molecule has 9 nitrogen and oxygen atoms in total. The molecular formula is C34H66N2O7. The van der Waals surface area contributed by atoms with Crippen LogP contribution in [-0.4, -0.2) is 86.7 Å². The van der Waals surface area contributed by atoms with Gasteiger partial charge in [0.05, 0.1) is 18.4 Å². The van der Waals surface area contributed by atoms with E-state index in [1.165, 1.54) is 0 Å². The first-order valence-electron chi connectivity index (χ1n) is 17.0. The van der Waals surface area contributed by atoms with Gasteiger partial charge in [0.15, 0.2) is 0 Å². The lowest BCUT2D eigenvalue weighted by Gasteiger charge is -2.28. The fourth-order valence-electron chi connectivity index (χ4n) is 5.16. The van der Waals surface area contributed by atoms with Crippen LogP contribution in [0.5, 0.6) is 0 Å². The van der Waals surface area contributed by atoms with Crippen molar-refractivity contribution in [3.8, 4) is 0 Å². The van der Waals surface area contributed by atoms with Crippen LogP contribution in [0.1, 0.15) is 121 Å². The Kier molecular flexibility index (Phi) is 22.5. The second-order valence-corrected chi connectivity index (χ2v) is 13.0. The summed E-state index contributed by atoms with van der Waals surface area (Å²) in [5.74, 6) is -0.558. The molecule has 0 saturated carbocycles. The number of esters is 2. The van der Waals surface area contributed by atoms with Crippen LogP contribution >= 0.6 is 0 Å². The lowest BCUT2D eigenvalue weighted by atomic mass is 9.78. The van der Waals surface area contributed by atoms with Crippen molar-refractivity contribution in [3.05, 3.63) is 0 Å². The van der Waals surface area contributed by atoms with Crippen LogP contribution in [0.3, 0.4) is 0 Å². The Bertz CT molecular complexity index is 752. The van der Waals surface area contributed by atoms with E-state index in [0.29, 0.717) is 32.4 Å². The summed E-state index contributed by atoms with van der Waals surface area (Å²) in [5, 5.41) is 0. The first-order valence-corrected chi connectivity index (χ1v) is 17.0. The highest BCUT2D eigenvalue weighted by molar-refractivity contribution is 5.73. The first kappa shape index (κ1) is 41.1. The molecule has 0 aromatic rings. The standard InChI is InChI=1S/C34H66N2O7/c1-11-27(6)31(37)42-30(43-33(39)41-25-23-36(15-5)22-21-35(13-3)14-4)20-18-16-17-19-24-40-32(38)29(12-2)28(7)26-34(8,9)10/h27-30H,11-26H2,1-10H3. The molecule has 4 atom stereocenters. The summed E-state index contributed by atoms with van der Waals surface area (Å²) in [4.78, 5) is 42.1. The molecule has 0 bridgehead atoms. The van der Waals surface area contributed by atoms with Crippen molar-refractivity contribution in [2.45, 2.75) is 127 Å². The van der Waals surface area contributed by atoms with Gasteiger partial charge in [-0.05, 0) is 63.1 Å². The number of ether oxygens (including phenoxy) is 4. The molecule has 0 saturated heterocycles. The van der Waals surface area contributed by atoms with Crippen LogP contribution < -0.4 is 0 Å². The number of carbonyl (C=O) groups is 3. The predicted octanol–water partition coefficient (Wildman–Crippen LogP) is 7.31. The van der Waals surface area contributed by atoms with Crippen LogP contribution in [0.2, 0.25) is 0 Å². The number of unbranched alkanes of at least 4 members (excludes halogenated alkanes) is 3. The van der Waals surface area contributed by atoms with E-state index in [-0.39, 0.29) is 41.7 Å². The second kappa shape index (κ2) is 23.5. The number of carbonyl (C=O) groups excluding carboxylic acids is 3. The second-order valence-electron chi connectivity index (χ2n) is 13.0. The fraction of sp³-hybridized carbons (Fsp3) is 0.912. The third-order valence-electron chi connectivity index (χ3n) is 8.13. The molecule has 0 rings (SSSR count). The predicted molar refractivity (Wildman–Crippen MR) is 173 cm³/mol. The monoisotopic (exact) mass is 614 g/mol. The lowest BCUT2D eigenvalue weighted by molar-refractivity contribution is -0.177. The largest absolute Gasteiger partial charge is 0.511 e. The Morgan fingerprint density at radius 3 is 1.84 bits per heavy atom. The molecule has 43 heavy (non-hydrogen) atoms. The van der Waals surface area contributed by atoms with Gasteiger partial charge >= 0.3 is 18.1 Å². The average molecular weight is 615 g/mol. The van der Waals surface area contributed by atoms with E-state index >= 15 is 0 Å². The van der Waals surface area contributed by atoms with Crippen molar-refractivity contribution in [2.24, 2.45) is 23.2 Å². The molecule has 4 unspecified atom stereocenters. The van der Waals surface area contributed by atoms with Crippen molar-refractivity contribution in [1.29, 1.82) is 0 Å². The van der Waals surface area contributed by atoms with Gasteiger partial charge in [0.25, 0.3) is 6.29 Å². The molecular weight excluding hydrogens is 548 g/mol. The first-order chi connectivity index (χ1) is 20.3. The number of hydrogen-bond acceptors (Lipinski definition) is 9. The highest BCUT2D eigenvalue weighted by atomic mass is 16.8. The zero-order valence-corrected chi connectivity index (χ0v) is 29.4. The quantitative estimate of drug-likeness (QED) is 0.0480. The minimum Gasteiger partial charge on any atom is -0.465 e. The van der Waals surface area contributed by atoms with Gasteiger partial charge in [-0.1, -0.05) is 82.1 Å². The van der Waals surface area contributed by atoms with Crippen LogP contribution in [0, 0.1) is 23.2 Å². The van der Waals surface area contributed by atoms with Gasteiger partial charge in [0, 0.05) is 26.1 Å². The molecule has 0 amide bonds. The summed E-state index contributed by atoms with van der Waals surface area (Å²) < 4.78 is 21.9. The zero-order valence-electron chi connectivity index (χ0n) is 29.4. The number of nitrogens with zero attached hydrogens (tertiary/aromatic N) is 2. The topological polar surface area (TPSA) is 94.6 Å². The van der Waals surface area contributed by atoms with Crippen LogP contribution in [-0.2, 0) is 28.5 Å². The fourth-order valence-corrected chi connectivity index (χ4v) is 5.16. The molecule has 0 aromatic carbocycles. The number of hydrogen-bond donors (Lipinski definition) is 0. The smallest absolute Gasteiger partial charge is 0.465 e. The summed E-state index contributed by atoms with van der Waals surface area (Å²) in [7, 11) is 0. The highest BCUT2D eigenvalue weighted by Crippen LogP contribution is 2.30. The summed E-state index contributed by atoms with van der Waals surface area (Å²) in [5.41, 5.74) is 0.176. The van der Waals surface area contributed by atoms with E-state index in [1.54, 1.807) is 6.92 Å². The van der Waals surface area contributed by atoms with E-state index in [1.807, 2.05) is 13.8 Å². The van der Waals surface area contributed by atoms with Crippen molar-refractivity contribution < 1.29 is 33.3 Å². The number of rotatable bonds is 24. The zero-order chi connectivity index (χ0) is 32.8. The van der Waals surface area contributed by atoms with Crippen molar-refractivity contribution in [3.63, 3.8) is 0 Å². The van der Waals surface area contributed by atoms with Gasteiger partial charge in [-0.25, -0.2) is 4.79 Å². The summed E-state index contributed by atoms with van der Waals surface area (Å²) in [6.45, 7) is 26.9. The van der Waals surface area contributed by atoms with Crippen molar-refractivity contribution in [2.75, 3.05) is 52.5 Å². The molecule has 0 aliphatic rings. The Morgan fingerprint density at radius 2 is 1.28 bits per heavy atom. The third kappa shape index (κ3) is 19.9. The van der Waals surface area contributed by atoms with Gasteiger partial charge in [-0.3, -0.25) is 14.5 Å². The summed E-state index contributed by atoms with van der Waals surface area (Å²) in [6.07, 6.45) is 4.16. The number of likely N-dealkylation sites (N-methyl/N-ethyl adjacent to an activating group) is 2. The Morgan fingerprint density at radius 1 is 0.674 bits per heavy atom. The van der Waals surface area contributed by atoms with E-state index in [4.69, 9.17) is 18.9 Å². The Balaban J connectivity index is 4.61. The average Bonchev–Trinajstić information content (AvgIpc) is 2.94. The van der Waals surface area contributed by atoms with Crippen molar-refractivity contribution >= 4 is 18.1 Å². The molecule has 0 radical (unpaired) electrons. The highest BCUT2D eigenvalue weighted by Gasteiger charge is 2.28. The summed E-state index contributed by atoms with van der Waals surface area (Å²) in [6, 6.07) is 0. The maximum absolute atomic E-state index is 12.6. The molecule has 0 aromatic heterocycles. The van der Waals surface area contributed by atoms with E-state index < -0.39 is 12.4 Å². The van der Waals surface area contributed by atoms with Gasteiger partial charge < -0.3 is 23.8 Å². The van der Waals surface area contributed by atoms with E-state index in [0.717, 1.165) is 64.8 Å². The molecule has 0 N–H and O–H groups in total. The van der Waals surface area contributed by atoms with Gasteiger partial charge in [-0.2, -0.15) is 0 Å². The van der Waals surface area contributed by atoms with E-state index in [9.17, 15) is 14.4 Å². The molecule has 0 heterocycles. The SMILES string of the molecule is CCC(C)C(=O)OC(CCCCCCOC(=O)C(CC)C(C)CC(C)(C)C)OC(=O)OCCN(CC)CCN(CC)CC. The maximum atomic E-state index is 12.6. The molecule has 0 aliphatic carbocycles. The molecule has 0 aliphatic heterocycles. The maximum Gasteiger partial charge on any atom is 0.511 e. The lowest BCUT2D eigenvalue weighted by Crippen LogP contribution is -2.37. The minimum atomic E-state index is -0.980. The van der Waals surface area contributed by atoms with Crippen LogP contribution in [0.15, 0.2) is 0 Å². The van der Waals surface area contributed by atoms with Gasteiger partial charge in [0.1, 0.15) is 6.61 Å². The minimum absolute atomic E-state index is 0.0744. The van der Waals surface area contributed by atoms with Crippen molar-refractivity contribution in [1.82, 2.24) is 9.80 Å². The normalized spacial score (nSPS) is 14.7. The Labute approximate surface area is 263 Å². The molecule has 0 spiro atoms. The molecule has 9 heteroatoms. The summed E-state index contributed by atoms with van der Waals surface area (Å²) >= 11 is 0. The molecule has 254 valence electrons. The van der Waals surface area contributed by atoms with Gasteiger partial charge in [-0.15, -0.1) is 0 Å². The van der Waals surface area contributed by atoms with E-state index in [2.05, 4.69) is 58.3 Å². The third-order valence-corrected chi connectivity index (χ3v) is 8.13.